The van der Waals surface area contributed by atoms with Crippen LogP contribution in [0.1, 0.15) is 32.0 Å². The number of aromatic nitrogens is 2. The molecule has 18 heavy (non-hydrogen) atoms. The van der Waals surface area contributed by atoms with Crippen molar-refractivity contribution in [2.45, 2.75) is 46.0 Å². The van der Waals surface area contributed by atoms with Gasteiger partial charge in [0.15, 0.2) is 0 Å². The molecule has 1 aliphatic heterocycles. The van der Waals surface area contributed by atoms with Crippen molar-refractivity contribution in [1.29, 1.82) is 0 Å². The summed E-state index contributed by atoms with van der Waals surface area (Å²) < 4.78 is 7.07. The Kier molecular flexibility index (Phi) is 3.30. The second-order valence-corrected chi connectivity index (χ2v) is 5.40. The Morgan fingerprint density at radius 2 is 2.22 bits per heavy atom. The smallest absolute Gasteiger partial charge is 0.410 e. The number of amides is 1. The average molecular weight is 253 g/mol. The highest BCUT2D eigenvalue weighted by atomic mass is 16.6. The lowest BCUT2D eigenvalue weighted by molar-refractivity contribution is 0.0238. The third kappa shape index (κ3) is 2.64. The van der Waals surface area contributed by atoms with E-state index in [2.05, 4.69) is 5.10 Å². The number of carbonyl (C=O) groups excluding carboxylic acids is 1. The number of ether oxygens (including phenoxy) is 1. The second kappa shape index (κ2) is 4.61. The summed E-state index contributed by atoms with van der Waals surface area (Å²) in [5, 5.41) is 13.1. The van der Waals surface area contributed by atoms with Gasteiger partial charge in [0.2, 0.25) is 0 Å². The lowest BCUT2D eigenvalue weighted by Gasteiger charge is -2.24. The molecule has 1 aromatic rings. The molecular weight excluding hydrogens is 234 g/mol. The predicted octanol–water partition coefficient (Wildman–Crippen LogP) is 1.13. The lowest BCUT2D eigenvalue weighted by atomic mass is 10.2. The summed E-state index contributed by atoms with van der Waals surface area (Å²) in [6.45, 7) is 7.06. The summed E-state index contributed by atoms with van der Waals surface area (Å²) in [5.41, 5.74) is 1.52. The average Bonchev–Trinajstić information content (AvgIpc) is 2.77. The Balaban J connectivity index is 2.03. The molecule has 0 saturated carbocycles. The molecule has 0 spiro atoms. The van der Waals surface area contributed by atoms with Crippen molar-refractivity contribution in [1.82, 2.24) is 14.7 Å². The van der Waals surface area contributed by atoms with E-state index in [0.717, 1.165) is 11.3 Å². The van der Waals surface area contributed by atoms with Gasteiger partial charge in [-0.05, 0) is 20.8 Å². The van der Waals surface area contributed by atoms with Gasteiger partial charge in [-0.3, -0.25) is 9.58 Å². The minimum atomic E-state index is -0.483. The zero-order chi connectivity index (χ0) is 13.3. The maximum Gasteiger partial charge on any atom is 0.410 e. The zero-order valence-corrected chi connectivity index (χ0v) is 11.0. The van der Waals surface area contributed by atoms with Crippen molar-refractivity contribution in [2.75, 3.05) is 6.61 Å². The van der Waals surface area contributed by atoms with Crippen LogP contribution in [0.2, 0.25) is 0 Å². The first-order chi connectivity index (χ1) is 8.40. The van der Waals surface area contributed by atoms with Crippen LogP contribution in [0, 0.1) is 0 Å². The number of hydrogen-bond donors (Lipinski definition) is 1. The number of rotatable bonds is 2. The van der Waals surface area contributed by atoms with Gasteiger partial charge in [-0.15, -0.1) is 0 Å². The highest BCUT2D eigenvalue weighted by molar-refractivity contribution is 5.69. The topological polar surface area (TPSA) is 67.6 Å². The molecular formula is C12H19N3O3. The van der Waals surface area contributed by atoms with Crippen molar-refractivity contribution in [3.63, 3.8) is 0 Å². The number of carbonyl (C=O) groups is 1. The third-order valence-corrected chi connectivity index (χ3v) is 2.70. The highest BCUT2D eigenvalue weighted by Gasteiger charge is 2.30. The Hall–Kier alpha value is -1.56. The molecule has 1 aliphatic rings. The van der Waals surface area contributed by atoms with Gasteiger partial charge in [0.25, 0.3) is 0 Å². The molecule has 2 heterocycles. The normalized spacial score (nSPS) is 14.8. The monoisotopic (exact) mass is 253 g/mol. The molecule has 1 aromatic heterocycles. The number of fused-ring (bicyclic) bond motifs is 1. The van der Waals surface area contributed by atoms with E-state index in [0.29, 0.717) is 19.6 Å². The first kappa shape index (κ1) is 12.9. The van der Waals surface area contributed by atoms with Gasteiger partial charge >= 0.3 is 6.09 Å². The molecule has 1 N–H and O–H groups in total. The van der Waals surface area contributed by atoms with E-state index >= 15 is 0 Å². The van der Waals surface area contributed by atoms with E-state index in [4.69, 9.17) is 9.84 Å². The first-order valence-corrected chi connectivity index (χ1v) is 6.03. The van der Waals surface area contributed by atoms with E-state index < -0.39 is 5.60 Å². The van der Waals surface area contributed by atoms with Gasteiger partial charge in [-0.25, -0.2) is 4.79 Å². The highest BCUT2D eigenvalue weighted by Crippen LogP contribution is 2.24. The van der Waals surface area contributed by atoms with Gasteiger partial charge in [-0.1, -0.05) is 0 Å². The molecule has 0 bridgehead atoms. The number of hydrogen-bond acceptors (Lipinski definition) is 4. The molecule has 0 atom stereocenters. The molecule has 100 valence electrons. The van der Waals surface area contributed by atoms with Crippen LogP contribution in [0.3, 0.4) is 0 Å². The molecule has 0 unspecified atom stereocenters. The Morgan fingerprint density at radius 1 is 1.50 bits per heavy atom. The lowest BCUT2D eigenvalue weighted by Crippen LogP contribution is -2.33. The van der Waals surface area contributed by atoms with Crippen LogP contribution < -0.4 is 0 Å². The minimum absolute atomic E-state index is 0.0422. The van der Waals surface area contributed by atoms with E-state index in [-0.39, 0.29) is 12.7 Å². The Morgan fingerprint density at radius 3 is 2.83 bits per heavy atom. The van der Waals surface area contributed by atoms with Gasteiger partial charge in [0.05, 0.1) is 38.1 Å². The van der Waals surface area contributed by atoms with Crippen molar-refractivity contribution < 1.29 is 14.6 Å². The van der Waals surface area contributed by atoms with Crippen LogP contribution in [0.4, 0.5) is 4.79 Å². The van der Waals surface area contributed by atoms with E-state index in [1.807, 2.05) is 20.8 Å². The molecule has 1 amide bonds. The molecule has 2 rings (SSSR count). The quantitative estimate of drug-likeness (QED) is 0.857. The molecule has 0 saturated heterocycles. The first-order valence-electron chi connectivity index (χ1n) is 6.03. The van der Waals surface area contributed by atoms with Gasteiger partial charge in [0, 0.05) is 5.56 Å². The van der Waals surface area contributed by atoms with Crippen molar-refractivity contribution in [2.24, 2.45) is 0 Å². The van der Waals surface area contributed by atoms with Gasteiger partial charge < -0.3 is 9.84 Å². The summed E-state index contributed by atoms with van der Waals surface area (Å²) in [4.78, 5) is 13.6. The fourth-order valence-corrected chi connectivity index (χ4v) is 1.95. The Bertz CT molecular complexity index is 448. The standard InChI is InChI=1S/C12H19N3O3/c1-12(2,3)18-11(17)14-7-9-6-13-15(4-5-16)10(9)8-14/h6,16H,4-5,7-8H2,1-3H3. The Labute approximate surface area is 106 Å². The SMILES string of the molecule is CC(C)(C)OC(=O)N1Cc2cnn(CCO)c2C1. The van der Waals surface area contributed by atoms with Crippen molar-refractivity contribution >= 4 is 6.09 Å². The summed E-state index contributed by atoms with van der Waals surface area (Å²) in [6.07, 6.45) is 1.43. The molecule has 0 aromatic carbocycles. The van der Waals surface area contributed by atoms with Crippen LogP contribution >= 0.6 is 0 Å². The number of nitrogens with zero attached hydrogens (tertiary/aromatic N) is 3. The van der Waals surface area contributed by atoms with Crippen LogP contribution in [0.15, 0.2) is 6.20 Å². The fraction of sp³-hybridized carbons (Fsp3) is 0.667. The van der Waals surface area contributed by atoms with Crippen molar-refractivity contribution in [3.05, 3.63) is 17.5 Å². The van der Waals surface area contributed by atoms with Gasteiger partial charge in [0.1, 0.15) is 5.60 Å². The zero-order valence-electron chi connectivity index (χ0n) is 11.0. The molecule has 0 fully saturated rings. The summed E-state index contributed by atoms with van der Waals surface area (Å²) in [6, 6.07) is 0. The van der Waals surface area contributed by atoms with Crippen LogP contribution in [-0.4, -0.2) is 38.1 Å². The van der Waals surface area contributed by atoms with E-state index in [1.54, 1.807) is 15.8 Å². The fourth-order valence-electron chi connectivity index (χ4n) is 1.95. The van der Waals surface area contributed by atoms with E-state index in [1.165, 1.54) is 0 Å². The molecule has 6 nitrogen and oxygen atoms in total. The number of aliphatic hydroxyl groups is 1. The minimum Gasteiger partial charge on any atom is -0.444 e. The number of aliphatic hydroxyl groups excluding tert-OH is 1. The largest absolute Gasteiger partial charge is 0.444 e. The molecule has 0 radical (unpaired) electrons. The van der Waals surface area contributed by atoms with E-state index in [9.17, 15) is 4.79 Å². The second-order valence-electron chi connectivity index (χ2n) is 5.40. The predicted molar refractivity (Wildman–Crippen MR) is 64.8 cm³/mol. The van der Waals surface area contributed by atoms with Crippen molar-refractivity contribution in [3.8, 4) is 0 Å². The van der Waals surface area contributed by atoms with Crippen LogP contribution in [0.25, 0.3) is 0 Å². The summed E-state index contributed by atoms with van der Waals surface area (Å²) in [5.74, 6) is 0. The van der Waals surface area contributed by atoms with Crippen LogP contribution in [-0.2, 0) is 24.4 Å². The molecule has 0 aliphatic carbocycles. The third-order valence-electron chi connectivity index (χ3n) is 2.70. The van der Waals surface area contributed by atoms with Crippen LogP contribution in [0.5, 0.6) is 0 Å². The summed E-state index contributed by atoms with van der Waals surface area (Å²) >= 11 is 0. The molecule has 6 heteroatoms. The maximum absolute atomic E-state index is 11.9. The maximum atomic E-state index is 11.9. The van der Waals surface area contributed by atoms with Gasteiger partial charge in [-0.2, -0.15) is 5.10 Å². The summed E-state index contributed by atoms with van der Waals surface area (Å²) in [7, 11) is 0.